The molecular weight excluding hydrogens is 308 g/mol. The molecule has 2 aromatic heterocycles. The number of carbonyl (C=O) groups excluding carboxylic acids is 1. The molecule has 5 heteroatoms. The van der Waals surface area contributed by atoms with Gasteiger partial charge in [0.1, 0.15) is 5.76 Å². The van der Waals surface area contributed by atoms with Crippen molar-refractivity contribution in [3.8, 4) is 0 Å². The van der Waals surface area contributed by atoms with E-state index >= 15 is 0 Å². The molecule has 3 rings (SSSR count). The second kappa shape index (κ2) is 7.30. The van der Waals surface area contributed by atoms with Crippen molar-refractivity contribution in [2.45, 2.75) is 58.4 Å². The lowest BCUT2D eigenvalue weighted by atomic mass is 9.96. The molecular formula is C18H24N2O2S. The zero-order valence-electron chi connectivity index (χ0n) is 13.9. The topological polar surface area (TPSA) is 46.3 Å². The first-order valence-corrected chi connectivity index (χ1v) is 9.26. The summed E-state index contributed by atoms with van der Waals surface area (Å²) in [6.07, 6.45) is 6.01. The van der Waals surface area contributed by atoms with Crippen LogP contribution in [0.2, 0.25) is 0 Å². The fourth-order valence-corrected chi connectivity index (χ4v) is 4.12. The van der Waals surface area contributed by atoms with Crippen LogP contribution in [0.15, 0.2) is 22.0 Å². The minimum Gasteiger partial charge on any atom is -0.361 e. The largest absolute Gasteiger partial charge is 0.361 e. The van der Waals surface area contributed by atoms with Crippen LogP contribution in [0, 0.1) is 13.8 Å². The Hall–Kier alpha value is -1.62. The average Bonchev–Trinajstić information content (AvgIpc) is 3.18. The molecule has 1 saturated heterocycles. The van der Waals surface area contributed by atoms with Crippen molar-refractivity contribution in [3.05, 3.63) is 39.4 Å². The molecule has 4 nitrogen and oxygen atoms in total. The van der Waals surface area contributed by atoms with Crippen LogP contribution in [-0.4, -0.2) is 28.6 Å². The highest BCUT2D eigenvalue weighted by Crippen LogP contribution is 2.24. The number of hydrogen-bond acceptors (Lipinski definition) is 4. The van der Waals surface area contributed by atoms with Gasteiger partial charge >= 0.3 is 0 Å². The van der Waals surface area contributed by atoms with Gasteiger partial charge in [-0.15, -0.1) is 11.3 Å². The molecule has 1 atom stereocenters. The lowest BCUT2D eigenvalue weighted by molar-refractivity contribution is -0.134. The summed E-state index contributed by atoms with van der Waals surface area (Å²) in [7, 11) is 0. The van der Waals surface area contributed by atoms with E-state index in [9.17, 15) is 4.79 Å². The monoisotopic (exact) mass is 332 g/mol. The number of piperidine rings is 1. The number of nitrogens with zero attached hydrogens (tertiary/aromatic N) is 2. The van der Waals surface area contributed by atoms with Crippen LogP contribution in [0.1, 0.15) is 47.6 Å². The van der Waals surface area contributed by atoms with Gasteiger partial charge in [-0.2, -0.15) is 0 Å². The Labute approximate surface area is 141 Å². The summed E-state index contributed by atoms with van der Waals surface area (Å²) in [4.78, 5) is 16.3. The Balaban J connectivity index is 1.64. The van der Waals surface area contributed by atoms with E-state index in [4.69, 9.17) is 4.52 Å². The van der Waals surface area contributed by atoms with E-state index in [1.807, 2.05) is 13.8 Å². The molecule has 1 aliphatic rings. The minimum atomic E-state index is 0.218. The Kier molecular flexibility index (Phi) is 5.16. The molecule has 0 aromatic carbocycles. The molecule has 1 amide bonds. The van der Waals surface area contributed by atoms with Crippen LogP contribution in [0.25, 0.3) is 0 Å². The SMILES string of the molecule is Cc1noc(C)c1CC(=O)N1CCCC[C@H]1CCc1cccs1. The normalized spacial score (nSPS) is 18.3. The fourth-order valence-electron chi connectivity index (χ4n) is 3.40. The van der Waals surface area contributed by atoms with Crippen molar-refractivity contribution in [2.75, 3.05) is 6.54 Å². The maximum absolute atomic E-state index is 12.8. The number of aryl methyl sites for hydroxylation is 3. The van der Waals surface area contributed by atoms with Crippen molar-refractivity contribution < 1.29 is 9.32 Å². The van der Waals surface area contributed by atoms with Crippen molar-refractivity contribution in [3.63, 3.8) is 0 Å². The van der Waals surface area contributed by atoms with Gasteiger partial charge in [-0.05, 0) is 57.4 Å². The van der Waals surface area contributed by atoms with Crippen molar-refractivity contribution >= 4 is 17.2 Å². The maximum atomic E-state index is 12.8. The molecule has 0 spiro atoms. The first kappa shape index (κ1) is 16.2. The lowest BCUT2D eigenvalue weighted by Crippen LogP contribution is -2.44. The first-order chi connectivity index (χ1) is 11.1. The quantitative estimate of drug-likeness (QED) is 0.834. The van der Waals surface area contributed by atoms with Gasteiger partial charge in [0.25, 0.3) is 0 Å². The third-order valence-corrected chi connectivity index (χ3v) is 5.70. The van der Waals surface area contributed by atoms with Crippen LogP contribution in [0.4, 0.5) is 0 Å². The molecule has 0 bridgehead atoms. The van der Waals surface area contributed by atoms with E-state index in [-0.39, 0.29) is 5.91 Å². The number of hydrogen-bond donors (Lipinski definition) is 0. The van der Waals surface area contributed by atoms with Gasteiger partial charge in [0, 0.05) is 23.0 Å². The van der Waals surface area contributed by atoms with E-state index < -0.39 is 0 Å². The predicted molar refractivity (Wildman–Crippen MR) is 91.7 cm³/mol. The number of likely N-dealkylation sites (tertiary alicyclic amines) is 1. The second-order valence-corrected chi connectivity index (χ2v) is 7.37. The Morgan fingerprint density at radius 3 is 3.00 bits per heavy atom. The van der Waals surface area contributed by atoms with Crippen LogP contribution in [0.3, 0.4) is 0 Å². The Bertz CT molecular complexity index is 629. The first-order valence-electron chi connectivity index (χ1n) is 8.38. The smallest absolute Gasteiger partial charge is 0.227 e. The molecule has 0 N–H and O–H groups in total. The van der Waals surface area contributed by atoms with Gasteiger partial charge in [0.2, 0.25) is 5.91 Å². The number of amides is 1. The number of rotatable bonds is 5. The molecule has 0 unspecified atom stereocenters. The van der Waals surface area contributed by atoms with Gasteiger partial charge in [-0.1, -0.05) is 11.2 Å². The molecule has 0 aliphatic carbocycles. The number of carbonyl (C=O) groups is 1. The molecule has 2 aromatic rings. The number of aromatic nitrogens is 1. The third kappa shape index (κ3) is 3.83. The lowest BCUT2D eigenvalue weighted by Gasteiger charge is -2.36. The molecule has 3 heterocycles. The summed E-state index contributed by atoms with van der Waals surface area (Å²) in [6, 6.07) is 4.66. The molecule has 124 valence electrons. The summed E-state index contributed by atoms with van der Waals surface area (Å²) < 4.78 is 5.19. The Morgan fingerprint density at radius 2 is 2.30 bits per heavy atom. The maximum Gasteiger partial charge on any atom is 0.227 e. The van der Waals surface area contributed by atoms with E-state index in [1.165, 1.54) is 11.3 Å². The van der Waals surface area contributed by atoms with E-state index in [2.05, 4.69) is 27.6 Å². The van der Waals surface area contributed by atoms with Gasteiger partial charge in [-0.3, -0.25) is 4.79 Å². The van der Waals surface area contributed by atoms with Gasteiger partial charge in [0.05, 0.1) is 12.1 Å². The van der Waals surface area contributed by atoms with E-state index in [0.717, 1.165) is 49.2 Å². The highest BCUT2D eigenvalue weighted by molar-refractivity contribution is 7.09. The van der Waals surface area contributed by atoms with Crippen molar-refractivity contribution in [1.82, 2.24) is 10.1 Å². The summed E-state index contributed by atoms with van der Waals surface area (Å²) >= 11 is 1.80. The van der Waals surface area contributed by atoms with Crippen molar-refractivity contribution in [2.24, 2.45) is 0 Å². The Morgan fingerprint density at radius 1 is 1.43 bits per heavy atom. The summed E-state index contributed by atoms with van der Waals surface area (Å²) in [5.41, 5.74) is 1.79. The summed E-state index contributed by atoms with van der Waals surface area (Å²) in [6.45, 7) is 4.67. The summed E-state index contributed by atoms with van der Waals surface area (Å²) in [5.74, 6) is 0.985. The highest BCUT2D eigenvalue weighted by atomic mass is 32.1. The van der Waals surface area contributed by atoms with Gasteiger partial charge in [-0.25, -0.2) is 0 Å². The minimum absolute atomic E-state index is 0.218. The third-order valence-electron chi connectivity index (χ3n) is 4.76. The fraction of sp³-hybridized carbons (Fsp3) is 0.556. The van der Waals surface area contributed by atoms with Crippen LogP contribution >= 0.6 is 11.3 Å². The highest BCUT2D eigenvalue weighted by Gasteiger charge is 2.27. The van der Waals surface area contributed by atoms with Gasteiger partial charge in [0.15, 0.2) is 0 Å². The van der Waals surface area contributed by atoms with Gasteiger partial charge < -0.3 is 9.42 Å². The van der Waals surface area contributed by atoms with Crippen LogP contribution in [0.5, 0.6) is 0 Å². The second-order valence-electron chi connectivity index (χ2n) is 6.33. The molecule has 1 aliphatic heterocycles. The van der Waals surface area contributed by atoms with Crippen LogP contribution < -0.4 is 0 Å². The van der Waals surface area contributed by atoms with E-state index in [0.29, 0.717) is 12.5 Å². The van der Waals surface area contributed by atoms with Crippen LogP contribution in [-0.2, 0) is 17.6 Å². The average molecular weight is 332 g/mol. The molecule has 1 fully saturated rings. The van der Waals surface area contributed by atoms with E-state index in [1.54, 1.807) is 11.3 Å². The standard InChI is InChI=1S/C18H24N2O2S/c1-13-17(14(2)22-19-13)12-18(21)20-10-4-3-6-15(20)8-9-16-7-5-11-23-16/h5,7,11,15H,3-4,6,8-10,12H2,1-2H3/t15-/m0/s1. The number of thiophene rings is 1. The summed E-state index contributed by atoms with van der Waals surface area (Å²) in [5, 5.41) is 6.08. The molecule has 0 saturated carbocycles. The predicted octanol–water partition coefficient (Wildman–Crippen LogP) is 3.91. The van der Waals surface area contributed by atoms with Crippen molar-refractivity contribution in [1.29, 1.82) is 0 Å². The molecule has 23 heavy (non-hydrogen) atoms. The zero-order chi connectivity index (χ0) is 16.2. The molecule has 0 radical (unpaired) electrons. The zero-order valence-corrected chi connectivity index (χ0v) is 14.7.